The molecule has 0 unspecified atom stereocenters. The molecule has 0 bridgehead atoms. The SMILES string of the molecule is Cc1cccc(C)c1OCC(=O)N(C)CC(C)C. The van der Waals surface area contributed by atoms with E-state index in [4.69, 9.17) is 4.74 Å². The van der Waals surface area contributed by atoms with Gasteiger partial charge in [0.05, 0.1) is 0 Å². The van der Waals surface area contributed by atoms with E-state index < -0.39 is 0 Å². The Labute approximate surface area is 110 Å². The highest BCUT2D eigenvalue weighted by molar-refractivity contribution is 5.77. The number of likely N-dealkylation sites (N-methyl/N-ethyl adjacent to an activating group) is 1. The molecule has 0 heterocycles. The van der Waals surface area contributed by atoms with Gasteiger partial charge in [0.25, 0.3) is 5.91 Å². The van der Waals surface area contributed by atoms with Crippen LogP contribution in [0.3, 0.4) is 0 Å². The van der Waals surface area contributed by atoms with E-state index in [0.717, 1.165) is 23.4 Å². The second-order valence-corrected chi connectivity index (χ2v) is 5.18. The second kappa shape index (κ2) is 6.43. The van der Waals surface area contributed by atoms with E-state index in [0.29, 0.717) is 5.92 Å². The van der Waals surface area contributed by atoms with Crippen LogP contribution in [-0.4, -0.2) is 31.0 Å². The van der Waals surface area contributed by atoms with Crippen molar-refractivity contribution in [1.29, 1.82) is 0 Å². The summed E-state index contributed by atoms with van der Waals surface area (Å²) in [4.78, 5) is 13.6. The number of amides is 1. The van der Waals surface area contributed by atoms with E-state index in [9.17, 15) is 4.79 Å². The van der Waals surface area contributed by atoms with Crippen molar-refractivity contribution in [1.82, 2.24) is 4.90 Å². The van der Waals surface area contributed by atoms with Gasteiger partial charge in [-0.25, -0.2) is 0 Å². The number of carbonyl (C=O) groups excluding carboxylic acids is 1. The van der Waals surface area contributed by atoms with Crippen LogP contribution in [0, 0.1) is 19.8 Å². The molecule has 0 saturated heterocycles. The first-order valence-electron chi connectivity index (χ1n) is 6.34. The molecule has 0 radical (unpaired) electrons. The quantitative estimate of drug-likeness (QED) is 0.803. The molecule has 0 aliphatic heterocycles. The van der Waals surface area contributed by atoms with Crippen LogP contribution >= 0.6 is 0 Å². The van der Waals surface area contributed by atoms with Crippen LogP contribution in [0.25, 0.3) is 0 Å². The minimum atomic E-state index is 0.0198. The summed E-state index contributed by atoms with van der Waals surface area (Å²) in [5.41, 5.74) is 2.13. The van der Waals surface area contributed by atoms with Crippen LogP contribution in [0.15, 0.2) is 18.2 Å². The molecule has 0 aliphatic carbocycles. The van der Waals surface area contributed by atoms with Crippen LogP contribution < -0.4 is 4.74 Å². The molecular weight excluding hydrogens is 226 g/mol. The third kappa shape index (κ3) is 4.06. The first-order chi connectivity index (χ1) is 8.41. The average Bonchev–Trinajstić information content (AvgIpc) is 2.27. The zero-order valence-corrected chi connectivity index (χ0v) is 12.0. The smallest absolute Gasteiger partial charge is 0.260 e. The Morgan fingerprint density at radius 2 is 1.83 bits per heavy atom. The van der Waals surface area contributed by atoms with E-state index in [1.165, 1.54) is 0 Å². The summed E-state index contributed by atoms with van der Waals surface area (Å²) >= 11 is 0. The second-order valence-electron chi connectivity index (χ2n) is 5.18. The number of hydrogen-bond donors (Lipinski definition) is 0. The Kier molecular flexibility index (Phi) is 5.20. The summed E-state index contributed by atoms with van der Waals surface area (Å²) in [5, 5.41) is 0. The van der Waals surface area contributed by atoms with E-state index in [2.05, 4.69) is 13.8 Å². The van der Waals surface area contributed by atoms with E-state index in [-0.39, 0.29) is 12.5 Å². The van der Waals surface area contributed by atoms with Gasteiger partial charge in [-0.1, -0.05) is 32.0 Å². The fourth-order valence-corrected chi connectivity index (χ4v) is 1.92. The number of rotatable bonds is 5. The Morgan fingerprint density at radius 3 is 2.33 bits per heavy atom. The van der Waals surface area contributed by atoms with Crippen LogP contribution in [0.4, 0.5) is 0 Å². The van der Waals surface area contributed by atoms with Gasteiger partial charge >= 0.3 is 0 Å². The largest absolute Gasteiger partial charge is 0.483 e. The minimum absolute atomic E-state index is 0.0198. The molecule has 0 atom stereocenters. The van der Waals surface area contributed by atoms with Gasteiger partial charge in [-0.15, -0.1) is 0 Å². The molecule has 1 amide bonds. The van der Waals surface area contributed by atoms with E-state index >= 15 is 0 Å². The number of aryl methyl sites for hydroxylation is 2. The van der Waals surface area contributed by atoms with Crippen LogP contribution in [0.1, 0.15) is 25.0 Å². The van der Waals surface area contributed by atoms with Gasteiger partial charge in [0.2, 0.25) is 0 Å². The molecule has 0 aromatic heterocycles. The van der Waals surface area contributed by atoms with Gasteiger partial charge in [-0.3, -0.25) is 4.79 Å². The van der Waals surface area contributed by atoms with Crippen molar-refractivity contribution in [3.63, 3.8) is 0 Å². The Bertz CT molecular complexity index is 393. The van der Waals surface area contributed by atoms with Crippen molar-refractivity contribution >= 4 is 5.91 Å². The van der Waals surface area contributed by atoms with Gasteiger partial charge in [0.1, 0.15) is 5.75 Å². The monoisotopic (exact) mass is 249 g/mol. The summed E-state index contributed by atoms with van der Waals surface area (Å²) in [6, 6.07) is 5.97. The molecule has 0 N–H and O–H groups in total. The normalized spacial score (nSPS) is 10.6. The lowest BCUT2D eigenvalue weighted by Gasteiger charge is -2.20. The zero-order valence-electron chi connectivity index (χ0n) is 12.0. The standard InChI is InChI=1S/C15H23NO2/c1-11(2)9-16(5)14(17)10-18-15-12(3)7-6-8-13(15)4/h6-8,11H,9-10H2,1-5H3. The molecule has 18 heavy (non-hydrogen) atoms. The van der Waals surface area contributed by atoms with Crippen molar-refractivity contribution in [2.24, 2.45) is 5.92 Å². The van der Waals surface area contributed by atoms with Gasteiger partial charge in [0, 0.05) is 13.6 Å². The van der Waals surface area contributed by atoms with E-state index in [1.807, 2.05) is 39.1 Å². The van der Waals surface area contributed by atoms with E-state index in [1.54, 1.807) is 4.90 Å². The summed E-state index contributed by atoms with van der Waals surface area (Å²) in [5.74, 6) is 1.31. The number of hydrogen-bond acceptors (Lipinski definition) is 2. The van der Waals surface area contributed by atoms with Gasteiger partial charge in [-0.2, -0.15) is 0 Å². The molecule has 0 spiro atoms. The summed E-state index contributed by atoms with van der Waals surface area (Å²) < 4.78 is 5.64. The highest BCUT2D eigenvalue weighted by Crippen LogP contribution is 2.22. The van der Waals surface area contributed by atoms with Crippen molar-refractivity contribution in [2.45, 2.75) is 27.7 Å². The lowest BCUT2D eigenvalue weighted by Crippen LogP contribution is -2.34. The summed E-state index contributed by atoms with van der Waals surface area (Å²) in [6.45, 7) is 9.03. The highest BCUT2D eigenvalue weighted by atomic mass is 16.5. The molecular formula is C15H23NO2. The lowest BCUT2D eigenvalue weighted by molar-refractivity contribution is -0.132. The minimum Gasteiger partial charge on any atom is -0.483 e. The maximum Gasteiger partial charge on any atom is 0.260 e. The Morgan fingerprint density at radius 1 is 1.28 bits per heavy atom. The van der Waals surface area contributed by atoms with Crippen molar-refractivity contribution < 1.29 is 9.53 Å². The van der Waals surface area contributed by atoms with Crippen LogP contribution in [0.2, 0.25) is 0 Å². The fourth-order valence-electron chi connectivity index (χ4n) is 1.92. The average molecular weight is 249 g/mol. The van der Waals surface area contributed by atoms with Gasteiger partial charge < -0.3 is 9.64 Å². The van der Waals surface area contributed by atoms with Crippen LogP contribution in [0.5, 0.6) is 5.75 Å². The van der Waals surface area contributed by atoms with Crippen molar-refractivity contribution in [3.8, 4) is 5.75 Å². The summed E-state index contributed by atoms with van der Waals surface area (Å²) in [6.07, 6.45) is 0. The highest BCUT2D eigenvalue weighted by Gasteiger charge is 2.12. The molecule has 1 rings (SSSR count). The molecule has 0 saturated carbocycles. The molecule has 3 heteroatoms. The third-order valence-electron chi connectivity index (χ3n) is 2.81. The van der Waals surface area contributed by atoms with Gasteiger partial charge in [-0.05, 0) is 30.9 Å². The predicted molar refractivity (Wildman–Crippen MR) is 73.9 cm³/mol. The molecule has 1 aromatic carbocycles. The number of benzene rings is 1. The Hall–Kier alpha value is -1.51. The maximum atomic E-state index is 11.9. The number of para-hydroxylation sites is 1. The number of carbonyl (C=O) groups is 1. The van der Waals surface area contributed by atoms with Gasteiger partial charge in [0.15, 0.2) is 6.61 Å². The van der Waals surface area contributed by atoms with Crippen molar-refractivity contribution in [2.75, 3.05) is 20.2 Å². The molecule has 100 valence electrons. The topological polar surface area (TPSA) is 29.5 Å². The first kappa shape index (κ1) is 14.6. The molecule has 0 fully saturated rings. The number of ether oxygens (including phenoxy) is 1. The Balaban J connectivity index is 2.57. The maximum absolute atomic E-state index is 11.9. The molecule has 1 aromatic rings. The summed E-state index contributed by atoms with van der Waals surface area (Å²) in [7, 11) is 1.82. The molecule has 3 nitrogen and oxygen atoms in total. The third-order valence-corrected chi connectivity index (χ3v) is 2.81. The molecule has 0 aliphatic rings. The van der Waals surface area contributed by atoms with Crippen molar-refractivity contribution in [3.05, 3.63) is 29.3 Å². The lowest BCUT2D eigenvalue weighted by atomic mass is 10.1. The number of nitrogens with zero attached hydrogens (tertiary/aromatic N) is 1. The fraction of sp³-hybridized carbons (Fsp3) is 0.533. The predicted octanol–water partition coefficient (Wildman–Crippen LogP) is 2.80. The first-order valence-corrected chi connectivity index (χ1v) is 6.34. The zero-order chi connectivity index (χ0) is 13.7. The van der Waals surface area contributed by atoms with Crippen LogP contribution in [-0.2, 0) is 4.79 Å².